The van der Waals surface area contributed by atoms with E-state index in [4.69, 9.17) is 17.3 Å². The molecule has 2 rings (SSSR count). The van der Waals surface area contributed by atoms with Crippen molar-refractivity contribution >= 4 is 29.1 Å². The third-order valence-corrected chi connectivity index (χ3v) is 3.04. The van der Waals surface area contributed by atoms with Crippen LogP contribution in [-0.2, 0) is 4.79 Å². The predicted molar refractivity (Wildman–Crippen MR) is 58.0 cm³/mol. The van der Waals surface area contributed by atoms with Gasteiger partial charge in [-0.3, -0.25) is 4.79 Å². The Balaban J connectivity index is 2.18. The Morgan fingerprint density at radius 3 is 2.67 bits per heavy atom. The fourth-order valence-corrected chi connectivity index (χ4v) is 2.26. The fraction of sp³-hybridized carbons (Fsp3) is 0.667. The number of rotatable bonds is 2. The number of thiocarbonyl (C=S) groups is 1. The minimum atomic E-state index is -0.768. The van der Waals surface area contributed by atoms with Crippen molar-refractivity contribution in [2.45, 2.75) is 25.7 Å². The van der Waals surface area contributed by atoms with Crippen molar-refractivity contribution in [2.75, 3.05) is 0 Å². The largest absolute Gasteiger partial charge is 0.481 e. The Morgan fingerprint density at radius 1 is 1.33 bits per heavy atom. The normalized spacial score (nSPS) is 30.4. The van der Waals surface area contributed by atoms with E-state index >= 15 is 0 Å². The van der Waals surface area contributed by atoms with Crippen molar-refractivity contribution in [3.05, 3.63) is 0 Å². The van der Waals surface area contributed by atoms with Gasteiger partial charge < -0.3 is 5.11 Å². The predicted octanol–water partition coefficient (Wildman–Crippen LogP) is 2.03. The van der Waals surface area contributed by atoms with Crippen LogP contribution in [0.15, 0.2) is 15.2 Å². The summed E-state index contributed by atoms with van der Waals surface area (Å²) in [6.07, 6.45) is 3.50. The van der Waals surface area contributed by atoms with Gasteiger partial charge in [0.25, 0.3) is 0 Å². The van der Waals surface area contributed by atoms with E-state index in [2.05, 4.69) is 15.2 Å². The summed E-state index contributed by atoms with van der Waals surface area (Å²) in [5.41, 5.74) is 0. The van der Waals surface area contributed by atoms with Crippen molar-refractivity contribution in [3.63, 3.8) is 0 Å². The monoisotopic (exact) mass is 225 g/mol. The highest BCUT2D eigenvalue weighted by Crippen LogP contribution is 2.32. The molecule has 6 heteroatoms. The number of carboxylic acid groups (broad SMARTS) is 1. The molecular formula is C9H11N3O2S. The topological polar surface area (TPSA) is 74.4 Å². The quantitative estimate of drug-likeness (QED) is 0.730. The Bertz CT molecular complexity index is 364. The Labute approximate surface area is 92.3 Å². The van der Waals surface area contributed by atoms with E-state index in [9.17, 15) is 4.79 Å². The van der Waals surface area contributed by atoms with Crippen LogP contribution in [0.5, 0.6) is 0 Å². The maximum absolute atomic E-state index is 11.0. The van der Waals surface area contributed by atoms with Gasteiger partial charge in [0.15, 0.2) is 5.84 Å². The minimum absolute atomic E-state index is 0.111. The van der Waals surface area contributed by atoms with Crippen LogP contribution in [0, 0.1) is 11.8 Å². The van der Waals surface area contributed by atoms with Crippen LogP contribution in [0.3, 0.4) is 0 Å². The van der Waals surface area contributed by atoms with Crippen molar-refractivity contribution in [3.8, 4) is 0 Å². The average Bonchev–Trinajstić information content (AvgIpc) is 2.65. The lowest BCUT2D eigenvalue weighted by Gasteiger charge is -2.26. The Hall–Kier alpha value is -1.17. The lowest BCUT2D eigenvalue weighted by Crippen LogP contribution is -2.31. The van der Waals surface area contributed by atoms with Gasteiger partial charge in [0, 0.05) is 5.92 Å². The zero-order valence-corrected chi connectivity index (χ0v) is 8.90. The van der Waals surface area contributed by atoms with E-state index in [1.807, 2.05) is 0 Å². The third-order valence-electron chi connectivity index (χ3n) is 2.86. The molecule has 0 bridgehead atoms. The molecule has 80 valence electrons. The van der Waals surface area contributed by atoms with Crippen molar-refractivity contribution in [2.24, 2.45) is 27.1 Å². The molecule has 15 heavy (non-hydrogen) atoms. The molecule has 2 aliphatic rings. The average molecular weight is 225 g/mol. The van der Waals surface area contributed by atoms with Gasteiger partial charge in [-0.05, 0) is 25.1 Å². The molecule has 0 spiro atoms. The highest BCUT2D eigenvalue weighted by Gasteiger charge is 2.35. The molecule has 1 fully saturated rings. The molecule has 1 aliphatic carbocycles. The first-order valence-corrected chi connectivity index (χ1v) is 5.36. The summed E-state index contributed by atoms with van der Waals surface area (Å²) in [6, 6.07) is 0. The van der Waals surface area contributed by atoms with E-state index in [1.165, 1.54) is 0 Å². The van der Waals surface area contributed by atoms with Crippen molar-refractivity contribution < 1.29 is 9.90 Å². The molecule has 5 nitrogen and oxygen atoms in total. The van der Waals surface area contributed by atoms with E-state index in [0.717, 1.165) is 19.3 Å². The Kier molecular flexibility index (Phi) is 2.86. The van der Waals surface area contributed by atoms with Crippen LogP contribution in [0.2, 0.25) is 0 Å². The number of nitrogens with zero attached hydrogens (tertiary/aromatic N) is 3. The zero-order valence-electron chi connectivity index (χ0n) is 8.09. The maximum Gasteiger partial charge on any atom is 0.307 e. The maximum atomic E-state index is 11.0. The fourth-order valence-electron chi connectivity index (χ4n) is 2.13. The number of aliphatic carboxylic acids is 1. The number of amidine groups is 1. The number of hydrogen-bond donors (Lipinski definition) is 1. The standard InChI is InChI=1S/C9H11N3O2S/c13-8(14)6-4-2-1-3-5(6)7-10-9(15)12-11-7/h5-6H,1-4H2,(H,13,14)/t5-,6+/m0/s1. The van der Waals surface area contributed by atoms with E-state index in [0.29, 0.717) is 12.3 Å². The Morgan fingerprint density at radius 2 is 2.07 bits per heavy atom. The molecule has 0 radical (unpaired) electrons. The van der Waals surface area contributed by atoms with Gasteiger partial charge >= 0.3 is 5.97 Å². The first kappa shape index (κ1) is 10.4. The lowest BCUT2D eigenvalue weighted by atomic mass is 9.78. The molecule has 0 unspecified atom stereocenters. The molecule has 1 saturated carbocycles. The van der Waals surface area contributed by atoms with Gasteiger partial charge in [-0.15, -0.1) is 10.2 Å². The first-order chi connectivity index (χ1) is 7.18. The molecule has 2 atom stereocenters. The zero-order chi connectivity index (χ0) is 10.8. The van der Waals surface area contributed by atoms with Gasteiger partial charge in [-0.25, -0.2) is 0 Å². The molecule has 0 amide bonds. The summed E-state index contributed by atoms with van der Waals surface area (Å²) < 4.78 is 0. The highest BCUT2D eigenvalue weighted by molar-refractivity contribution is 7.80. The molecular weight excluding hydrogens is 214 g/mol. The second kappa shape index (κ2) is 4.14. The SMILES string of the molecule is O=C(O)[C@@H]1CCCC[C@@H]1C1=NC(=S)N=N1. The van der Waals surface area contributed by atoms with Gasteiger partial charge in [-0.1, -0.05) is 12.8 Å². The number of hydrogen-bond acceptors (Lipinski definition) is 3. The molecule has 0 aromatic carbocycles. The van der Waals surface area contributed by atoms with E-state index in [1.54, 1.807) is 0 Å². The van der Waals surface area contributed by atoms with Crippen LogP contribution in [0.4, 0.5) is 0 Å². The summed E-state index contributed by atoms with van der Waals surface area (Å²) in [4.78, 5) is 15.0. The molecule has 1 N–H and O–H groups in total. The highest BCUT2D eigenvalue weighted by atomic mass is 32.1. The summed E-state index contributed by atoms with van der Waals surface area (Å²) in [7, 11) is 0. The van der Waals surface area contributed by atoms with Gasteiger partial charge in [0.05, 0.1) is 5.92 Å². The summed E-state index contributed by atoms with van der Waals surface area (Å²) in [5, 5.41) is 16.8. The number of carbonyl (C=O) groups is 1. The van der Waals surface area contributed by atoms with E-state index < -0.39 is 5.97 Å². The van der Waals surface area contributed by atoms with Gasteiger partial charge in [0.1, 0.15) is 0 Å². The van der Waals surface area contributed by atoms with Crippen LogP contribution in [0.25, 0.3) is 0 Å². The molecule has 1 heterocycles. The molecule has 1 aliphatic heterocycles. The second-order valence-corrected chi connectivity index (χ2v) is 4.15. The summed E-state index contributed by atoms with van der Waals surface area (Å²) in [6.45, 7) is 0. The van der Waals surface area contributed by atoms with Crippen LogP contribution in [0.1, 0.15) is 25.7 Å². The first-order valence-electron chi connectivity index (χ1n) is 4.95. The second-order valence-electron chi connectivity index (χ2n) is 3.79. The van der Waals surface area contributed by atoms with Crippen LogP contribution >= 0.6 is 12.2 Å². The summed E-state index contributed by atoms with van der Waals surface area (Å²) in [5.74, 6) is -0.750. The van der Waals surface area contributed by atoms with Gasteiger partial charge in [-0.2, -0.15) is 4.99 Å². The van der Waals surface area contributed by atoms with E-state index in [-0.39, 0.29) is 16.9 Å². The minimum Gasteiger partial charge on any atom is -0.481 e. The smallest absolute Gasteiger partial charge is 0.307 e. The van der Waals surface area contributed by atoms with Crippen LogP contribution < -0.4 is 0 Å². The van der Waals surface area contributed by atoms with Crippen molar-refractivity contribution in [1.29, 1.82) is 0 Å². The molecule has 0 aromatic heterocycles. The number of carboxylic acids is 1. The van der Waals surface area contributed by atoms with Gasteiger partial charge in [0.2, 0.25) is 5.11 Å². The number of azo groups is 1. The van der Waals surface area contributed by atoms with Crippen LogP contribution in [-0.4, -0.2) is 22.0 Å². The summed E-state index contributed by atoms with van der Waals surface area (Å²) >= 11 is 4.77. The molecule has 0 aromatic rings. The lowest BCUT2D eigenvalue weighted by molar-refractivity contribution is -0.143. The molecule has 0 saturated heterocycles. The number of aliphatic imine (C=N–C) groups is 1. The van der Waals surface area contributed by atoms with Crippen molar-refractivity contribution in [1.82, 2.24) is 0 Å². The third kappa shape index (κ3) is 2.09.